The number of H-pyrrole nitrogens is 1. The van der Waals surface area contributed by atoms with Gasteiger partial charge in [0.25, 0.3) is 0 Å². The summed E-state index contributed by atoms with van der Waals surface area (Å²) in [4.78, 5) is 9.90. The molecule has 0 saturated heterocycles. The quantitative estimate of drug-likeness (QED) is 0.758. The normalized spacial score (nSPS) is 10.9. The monoisotopic (exact) mass is 299 g/mol. The Morgan fingerprint density at radius 2 is 1.95 bits per heavy atom. The minimum atomic E-state index is 0.603. The zero-order chi connectivity index (χ0) is 14.7. The van der Waals surface area contributed by atoms with Crippen molar-refractivity contribution in [3.05, 3.63) is 58.1 Å². The van der Waals surface area contributed by atoms with E-state index in [2.05, 4.69) is 44.4 Å². The number of aromatic nitrogens is 4. The van der Waals surface area contributed by atoms with E-state index >= 15 is 0 Å². The van der Waals surface area contributed by atoms with Crippen LogP contribution in [0.25, 0.3) is 0 Å². The number of anilines is 1. The van der Waals surface area contributed by atoms with Crippen LogP contribution in [0.2, 0.25) is 0 Å². The Bertz CT molecular complexity index is 717. The molecule has 0 unspecified atom stereocenters. The summed E-state index contributed by atoms with van der Waals surface area (Å²) in [7, 11) is 0. The van der Waals surface area contributed by atoms with Gasteiger partial charge in [-0.25, -0.2) is 9.97 Å². The van der Waals surface area contributed by atoms with Gasteiger partial charge in [-0.05, 0) is 18.9 Å². The number of hydrogen-bond donors (Lipinski definition) is 2. The Hall–Kier alpha value is -2.21. The summed E-state index contributed by atoms with van der Waals surface area (Å²) >= 11 is 1.51. The van der Waals surface area contributed by atoms with Crippen molar-refractivity contribution in [2.24, 2.45) is 0 Å². The van der Waals surface area contributed by atoms with Crippen LogP contribution in [0.3, 0.4) is 0 Å². The maximum absolute atomic E-state index is 5.71. The number of nitrogens with zero attached hydrogens (tertiary/aromatic N) is 3. The van der Waals surface area contributed by atoms with E-state index in [1.165, 1.54) is 16.9 Å². The second-order valence-electron chi connectivity index (χ2n) is 4.92. The molecule has 0 saturated carbocycles. The topological polar surface area (TPSA) is 80.5 Å². The summed E-state index contributed by atoms with van der Waals surface area (Å²) in [6, 6.07) is 10.4. The van der Waals surface area contributed by atoms with E-state index < -0.39 is 0 Å². The Balaban J connectivity index is 1.62. The Kier molecular flexibility index (Phi) is 3.96. The first-order valence-electron chi connectivity index (χ1n) is 6.86. The standard InChI is InChI=1S/C15H17N5S/c1-10-12(21-15(16)17-10)9-14-18-13(19-20-14)8-7-11-5-3-2-4-6-11/h2-6H,7-9H2,1H3,(H2,16,17)(H,18,19,20). The minimum Gasteiger partial charge on any atom is -0.375 e. The van der Waals surface area contributed by atoms with E-state index in [1.807, 2.05) is 13.0 Å². The van der Waals surface area contributed by atoms with Crippen LogP contribution in [-0.4, -0.2) is 20.2 Å². The molecule has 0 amide bonds. The molecular weight excluding hydrogens is 282 g/mol. The first kappa shape index (κ1) is 13.8. The fraction of sp³-hybridized carbons (Fsp3) is 0.267. The van der Waals surface area contributed by atoms with E-state index in [0.717, 1.165) is 35.1 Å². The highest BCUT2D eigenvalue weighted by molar-refractivity contribution is 7.15. The smallest absolute Gasteiger partial charge is 0.180 e. The summed E-state index contributed by atoms with van der Waals surface area (Å²) in [5.74, 6) is 1.72. The minimum absolute atomic E-state index is 0.603. The molecule has 6 heteroatoms. The number of aromatic amines is 1. The first-order valence-corrected chi connectivity index (χ1v) is 7.68. The average Bonchev–Trinajstić information content (AvgIpc) is 3.05. The molecule has 0 radical (unpaired) electrons. The molecule has 21 heavy (non-hydrogen) atoms. The molecule has 2 aromatic heterocycles. The molecule has 108 valence electrons. The van der Waals surface area contributed by atoms with Crippen LogP contribution >= 0.6 is 11.3 Å². The first-order chi connectivity index (χ1) is 10.2. The predicted molar refractivity (Wildman–Crippen MR) is 84.3 cm³/mol. The molecule has 0 aliphatic heterocycles. The third-order valence-corrected chi connectivity index (χ3v) is 4.28. The molecular formula is C15H17N5S. The summed E-state index contributed by atoms with van der Waals surface area (Å²) in [6.45, 7) is 1.97. The highest BCUT2D eigenvalue weighted by atomic mass is 32.1. The molecule has 0 atom stereocenters. The second-order valence-corrected chi connectivity index (χ2v) is 6.04. The molecule has 1 aromatic carbocycles. The zero-order valence-electron chi connectivity index (χ0n) is 11.8. The van der Waals surface area contributed by atoms with Crippen LogP contribution in [0.4, 0.5) is 5.13 Å². The lowest BCUT2D eigenvalue weighted by Gasteiger charge is -1.97. The van der Waals surface area contributed by atoms with Gasteiger partial charge < -0.3 is 5.73 Å². The number of nitrogens with two attached hydrogens (primary N) is 1. The predicted octanol–water partition coefficient (Wildman–Crippen LogP) is 2.53. The molecule has 0 fully saturated rings. The van der Waals surface area contributed by atoms with Crippen molar-refractivity contribution in [2.75, 3.05) is 5.73 Å². The van der Waals surface area contributed by atoms with E-state index in [9.17, 15) is 0 Å². The Morgan fingerprint density at radius 3 is 2.67 bits per heavy atom. The largest absolute Gasteiger partial charge is 0.375 e. The molecule has 0 spiro atoms. The Morgan fingerprint density at radius 1 is 1.14 bits per heavy atom. The van der Waals surface area contributed by atoms with Gasteiger partial charge >= 0.3 is 0 Å². The van der Waals surface area contributed by atoms with Crippen molar-refractivity contribution in [2.45, 2.75) is 26.2 Å². The fourth-order valence-corrected chi connectivity index (χ4v) is 3.03. The zero-order valence-corrected chi connectivity index (χ0v) is 12.7. The van der Waals surface area contributed by atoms with Crippen LogP contribution in [0.15, 0.2) is 30.3 Å². The lowest BCUT2D eigenvalue weighted by atomic mass is 10.1. The van der Waals surface area contributed by atoms with E-state index in [-0.39, 0.29) is 0 Å². The van der Waals surface area contributed by atoms with Crippen molar-refractivity contribution in [1.29, 1.82) is 0 Å². The summed E-state index contributed by atoms with van der Waals surface area (Å²) in [5, 5.41) is 7.89. The van der Waals surface area contributed by atoms with Gasteiger partial charge in [0.15, 0.2) is 11.0 Å². The SMILES string of the molecule is Cc1nc(N)sc1Cc1nc(CCc2ccccc2)n[nH]1. The lowest BCUT2D eigenvalue weighted by Crippen LogP contribution is -1.94. The van der Waals surface area contributed by atoms with Crippen molar-refractivity contribution in [1.82, 2.24) is 20.2 Å². The third kappa shape index (κ3) is 3.46. The second kappa shape index (κ2) is 6.05. The average molecular weight is 299 g/mol. The molecule has 0 aliphatic carbocycles. The molecule has 0 bridgehead atoms. The maximum atomic E-state index is 5.71. The lowest BCUT2D eigenvalue weighted by molar-refractivity contribution is 0.865. The molecule has 0 aliphatic rings. The number of rotatable bonds is 5. The number of thiazole rings is 1. The van der Waals surface area contributed by atoms with Gasteiger partial charge in [0.1, 0.15) is 5.82 Å². The van der Waals surface area contributed by atoms with Gasteiger partial charge in [0.2, 0.25) is 0 Å². The number of aryl methyl sites for hydroxylation is 3. The summed E-state index contributed by atoms with van der Waals surface area (Å²) in [6.07, 6.45) is 2.49. The third-order valence-electron chi connectivity index (χ3n) is 3.30. The van der Waals surface area contributed by atoms with Gasteiger partial charge in [-0.15, -0.1) is 11.3 Å². The van der Waals surface area contributed by atoms with Crippen molar-refractivity contribution >= 4 is 16.5 Å². The highest BCUT2D eigenvalue weighted by Gasteiger charge is 2.10. The molecule has 3 rings (SSSR count). The van der Waals surface area contributed by atoms with Crippen molar-refractivity contribution < 1.29 is 0 Å². The highest BCUT2D eigenvalue weighted by Crippen LogP contribution is 2.21. The van der Waals surface area contributed by atoms with E-state index in [4.69, 9.17) is 5.73 Å². The van der Waals surface area contributed by atoms with Gasteiger partial charge in [-0.2, -0.15) is 5.10 Å². The Labute approximate surface area is 127 Å². The van der Waals surface area contributed by atoms with E-state index in [0.29, 0.717) is 11.6 Å². The van der Waals surface area contributed by atoms with Crippen LogP contribution in [0.1, 0.15) is 27.8 Å². The molecule has 5 nitrogen and oxygen atoms in total. The van der Waals surface area contributed by atoms with Gasteiger partial charge in [0, 0.05) is 17.7 Å². The number of hydrogen-bond acceptors (Lipinski definition) is 5. The van der Waals surface area contributed by atoms with Gasteiger partial charge in [-0.1, -0.05) is 30.3 Å². The molecule has 2 heterocycles. The summed E-state index contributed by atoms with van der Waals surface area (Å²) < 4.78 is 0. The van der Waals surface area contributed by atoms with Gasteiger partial charge in [-0.3, -0.25) is 5.10 Å². The van der Waals surface area contributed by atoms with Gasteiger partial charge in [0.05, 0.1) is 5.69 Å². The van der Waals surface area contributed by atoms with Crippen LogP contribution in [0, 0.1) is 6.92 Å². The number of nitrogen functional groups attached to an aromatic ring is 1. The van der Waals surface area contributed by atoms with Crippen LogP contribution < -0.4 is 5.73 Å². The van der Waals surface area contributed by atoms with E-state index in [1.54, 1.807) is 0 Å². The molecule has 3 aromatic rings. The van der Waals surface area contributed by atoms with Crippen LogP contribution in [-0.2, 0) is 19.3 Å². The van der Waals surface area contributed by atoms with Crippen molar-refractivity contribution in [3.63, 3.8) is 0 Å². The fourth-order valence-electron chi connectivity index (χ4n) is 2.19. The number of nitrogens with one attached hydrogen (secondary N) is 1. The van der Waals surface area contributed by atoms with Crippen molar-refractivity contribution in [3.8, 4) is 0 Å². The molecule has 3 N–H and O–H groups in total. The summed E-state index contributed by atoms with van der Waals surface area (Å²) in [5.41, 5.74) is 7.98. The van der Waals surface area contributed by atoms with Crippen LogP contribution in [0.5, 0.6) is 0 Å². The number of benzene rings is 1. The maximum Gasteiger partial charge on any atom is 0.180 e.